The monoisotopic (exact) mass is 291 g/mol. The van der Waals surface area contributed by atoms with Gasteiger partial charge in [-0.15, -0.1) is 0 Å². The second-order valence-corrected chi connectivity index (χ2v) is 4.93. The second kappa shape index (κ2) is 4.49. The number of aromatic hydroxyl groups is 1. The number of ether oxygens (including phenoxy) is 1. The molecule has 1 aromatic carbocycles. The Labute approximate surface area is 116 Å². The van der Waals surface area contributed by atoms with Gasteiger partial charge in [-0.05, 0) is 24.0 Å². The predicted octanol–water partition coefficient (Wildman–Crippen LogP) is 3.11. The number of phenols is 1. The molecule has 0 spiro atoms. The van der Waals surface area contributed by atoms with Crippen LogP contribution in [0.25, 0.3) is 4.96 Å². The van der Waals surface area contributed by atoms with E-state index in [9.17, 15) is 15.2 Å². The average molecular weight is 291 g/mol. The fraction of sp³-hybridized carbons (Fsp3) is 0.0833. The van der Waals surface area contributed by atoms with Gasteiger partial charge in [-0.2, -0.15) is 9.38 Å². The Kier molecular flexibility index (Phi) is 2.79. The average Bonchev–Trinajstić information content (AvgIpc) is 2.94. The molecule has 102 valence electrons. The summed E-state index contributed by atoms with van der Waals surface area (Å²) in [6.45, 7) is 1.66. The van der Waals surface area contributed by atoms with Gasteiger partial charge in [0, 0.05) is 10.9 Å². The lowest BCUT2D eigenvalue weighted by molar-refractivity contribution is -0.391. The van der Waals surface area contributed by atoms with Gasteiger partial charge in [0.2, 0.25) is 0 Å². The molecular weight excluding hydrogens is 282 g/mol. The van der Waals surface area contributed by atoms with E-state index in [2.05, 4.69) is 4.98 Å². The van der Waals surface area contributed by atoms with Crippen molar-refractivity contribution in [2.45, 2.75) is 6.92 Å². The first-order valence-corrected chi connectivity index (χ1v) is 6.52. The molecule has 3 rings (SSSR count). The van der Waals surface area contributed by atoms with E-state index in [0.717, 1.165) is 0 Å². The quantitative estimate of drug-likeness (QED) is 0.591. The summed E-state index contributed by atoms with van der Waals surface area (Å²) < 4.78 is 6.86. The zero-order valence-electron chi connectivity index (χ0n) is 10.3. The summed E-state index contributed by atoms with van der Waals surface area (Å²) in [7, 11) is 0. The van der Waals surface area contributed by atoms with Crippen LogP contribution in [0, 0.1) is 17.0 Å². The number of benzene rings is 1. The van der Waals surface area contributed by atoms with Crippen LogP contribution in [-0.4, -0.2) is 19.4 Å². The number of fused-ring (bicyclic) bond motifs is 1. The summed E-state index contributed by atoms with van der Waals surface area (Å²) in [5.41, 5.74) is 0.498. The molecule has 8 heteroatoms. The van der Waals surface area contributed by atoms with Crippen LogP contribution in [-0.2, 0) is 0 Å². The maximum absolute atomic E-state index is 11.2. The van der Waals surface area contributed by atoms with Gasteiger partial charge in [0.1, 0.15) is 17.7 Å². The molecule has 7 nitrogen and oxygen atoms in total. The Hall–Kier alpha value is -2.61. The van der Waals surface area contributed by atoms with E-state index >= 15 is 0 Å². The van der Waals surface area contributed by atoms with Crippen molar-refractivity contribution in [3.8, 4) is 17.4 Å². The molecule has 0 saturated carbocycles. The molecule has 0 aliphatic heterocycles. The zero-order valence-corrected chi connectivity index (χ0v) is 11.1. The number of nitrogens with zero attached hydrogens (tertiary/aromatic N) is 3. The van der Waals surface area contributed by atoms with Gasteiger partial charge in [-0.1, -0.05) is 17.4 Å². The Morgan fingerprint density at radius 1 is 1.50 bits per heavy atom. The number of phenolic OH excluding ortho intramolecular Hbond substituents is 1. The number of hydrogen-bond acceptors (Lipinski definition) is 6. The minimum Gasteiger partial charge on any atom is -0.508 e. The molecule has 0 bridgehead atoms. The predicted molar refractivity (Wildman–Crippen MR) is 72.6 cm³/mol. The maximum atomic E-state index is 11.2. The van der Waals surface area contributed by atoms with E-state index in [0.29, 0.717) is 16.3 Å². The fourth-order valence-corrected chi connectivity index (χ4v) is 2.51. The third-order valence-corrected chi connectivity index (χ3v) is 3.60. The standard InChI is InChI=1S/C12H9N3O4S/c1-7-8(16)3-2-4-9(7)19-10-11(15(17)18)14-5-6-20-12(14)13-10/h2-6,16H,1H3. The first-order valence-electron chi connectivity index (χ1n) is 5.64. The highest BCUT2D eigenvalue weighted by Crippen LogP contribution is 2.36. The van der Waals surface area contributed by atoms with Crippen molar-refractivity contribution in [1.29, 1.82) is 0 Å². The van der Waals surface area contributed by atoms with Crippen LogP contribution in [0.3, 0.4) is 0 Å². The van der Waals surface area contributed by atoms with Crippen LogP contribution in [0.5, 0.6) is 17.4 Å². The molecule has 20 heavy (non-hydrogen) atoms. The molecule has 1 N–H and O–H groups in total. The smallest absolute Gasteiger partial charge is 0.393 e. The van der Waals surface area contributed by atoms with Crippen molar-refractivity contribution in [3.05, 3.63) is 45.5 Å². The van der Waals surface area contributed by atoms with E-state index in [-0.39, 0.29) is 17.4 Å². The Morgan fingerprint density at radius 3 is 3.05 bits per heavy atom. The molecule has 3 aromatic rings. The number of thiazole rings is 1. The third-order valence-electron chi connectivity index (χ3n) is 2.84. The number of rotatable bonds is 3. The minimum absolute atomic E-state index is 0.0613. The Balaban J connectivity index is 2.10. The maximum Gasteiger partial charge on any atom is 0.393 e. The Bertz CT molecular complexity index is 808. The summed E-state index contributed by atoms with van der Waals surface area (Å²) in [5, 5.41) is 22.5. The van der Waals surface area contributed by atoms with Gasteiger partial charge >= 0.3 is 11.7 Å². The van der Waals surface area contributed by atoms with Crippen molar-refractivity contribution in [2.75, 3.05) is 0 Å². The van der Waals surface area contributed by atoms with Gasteiger partial charge < -0.3 is 20.0 Å². The number of hydrogen-bond donors (Lipinski definition) is 1. The summed E-state index contributed by atoms with van der Waals surface area (Å²) in [6, 6.07) is 4.73. The van der Waals surface area contributed by atoms with Crippen molar-refractivity contribution in [2.24, 2.45) is 0 Å². The van der Waals surface area contributed by atoms with E-state index in [4.69, 9.17) is 4.74 Å². The molecule has 2 aromatic heterocycles. The molecule has 0 aliphatic carbocycles. The lowest BCUT2D eigenvalue weighted by Gasteiger charge is -2.07. The number of nitro groups is 1. The normalized spacial score (nSPS) is 10.8. The summed E-state index contributed by atoms with van der Waals surface area (Å²) >= 11 is 1.28. The fourth-order valence-electron chi connectivity index (χ4n) is 1.81. The molecule has 0 aliphatic rings. The Morgan fingerprint density at radius 2 is 2.30 bits per heavy atom. The minimum atomic E-state index is -0.541. The molecule has 2 heterocycles. The molecule has 0 atom stereocenters. The van der Waals surface area contributed by atoms with Gasteiger partial charge in [0.25, 0.3) is 4.96 Å². The van der Waals surface area contributed by atoms with Crippen LogP contribution in [0.2, 0.25) is 0 Å². The largest absolute Gasteiger partial charge is 0.508 e. The molecule has 0 radical (unpaired) electrons. The van der Waals surface area contributed by atoms with E-state index in [1.54, 1.807) is 30.6 Å². The van der Waals surface area contributed by atoms with Gasteiger partial charge in [-0.3, -0.25) is 0 Å². The third kappa shape index (κ3) is 1.86. The molecule has 0 saturated heterocycles. The van der Waals surface area contributed by atoms with Crippen LogP contribution in [0.1, 0.15) is 5.56 Å². The van der Waals surface area contributed by atoms with Crippen LogP contribution >= 0.6 is 11.3 Å². The van der Waals surface area contributed by atoms with Crippen molar-refractivity contribution < 1.29 is 14.8 Å². The first kappa shape index (κ1) is 12.4. The summed E-state index contributed by atoms with van der Waals surface area (Å²) in [5.74, 6) is 0.0737. The lowest BCUT2D eigenvalue weighted by atomic mass is 10.2. The van der Waals surface area contributed by atoms with Gasteiger partial charge in [0.05, 0.1) is 0 Å². The van der Waals surface area contributed by atoms with Crippen LogP contribution in [0.15, 0.2) is 29.8 Å². The second-order valence-electron chi connectivity index (χ2n) is 4.06. The summed E-state index contributed by atoms with van der Waals surface area (Å²) in [6.07, 6.45) is 1.56. The molecule has 0 unspecified atom stereocenters. The van der Waals surface area contributed by atoms with E-state index in [1.807, 2.05) is 0 Å². The van der Waals surface area contributed by atoms with Crippen molar-refractivity contribution in [3.63, 3.8) is 0 Å². The SMILES string of the molecule is Cc1c(O)cccc1Oc1nc2sccn2c1[N+](=O)[O-]. The number of aromatic nitrogens is 2. The van der Waals surface area contributed by atoms with Crippen LogP contribution in [0.4, 0.5) is 5.82 Å². The zero-order chi connectivity index (χ0) is 14.3. The van der Waals surface area contributed by atoms with Crippen molar-refractivity contribution >= 4 is 22.1 Å². The molecular formula is C12H9N3O4S. The van der Waals surface area contributed by atoms with E-state index < -0.39 is 4.92 Å². The first-order chi connectivity index (χ1) is 9.58. The van der Waals surface area contributed by atoms with Gasteiger partial charge in [-0.25, -0.2) is 0 Å². The highest BCUT2D eigenvalue weighted by atomic mass is 32.1. The summed E-state index contributed by atoms with van der Waals surface area (Å²) in [4.78, 5) is 15.2. The van der Waals surface area contributed by atoms with Gasteiger partial charge in [0.15, 0.2) is 0 Å². The number of imidazole rings is 1. The highest BCUT2D eigenvalue weighted by molar-refractivity contribution is 7.15. The topological polar surface area (TPSA) is 89.9 Å². The van der Waals surface area contributed by atoms with Crippen molar-refractivity contribution in [1.82, 2.24) is 9.38 Å². The van der Waals surface area contributed by atoms with Crippen LogP contribution < -0.4 is 4.74 Å². The van der Waals surface area contributed by atoms with E-state index in [1.165, 1.54) is 21.8 Å². The highest BCUT2D eigenvalue weighted by Gasteiger charge is 2.26. The molecule has 0 fully saturated rings. The molecule has 0 amide bonds. The lowest BCUT2D eigenvalue weighted by Crippen LogP contribution is -1.96.